The maximum atomic E-state index is 5.31. The van der Waals surface area contributed by atoms with Gasteiger partial charge in [-0.05, 0) is 201 Å². The molecular weight excluding hydrogens is 1780 g/mol. The van der Waals surface area contributed by atoms with Crippen molar-refractivity contribution in [3.8, 4) is 157 Å². The monoisotopic (exact) mass is 1880 g/mol. The van der Waals surface area contributed by atoms with E-state index in [0.29, 0.717) is 5.82 Å². The number of hydrogen-bond acceptors (Lipinski definition) is 9. The summed E-state index contributed by atoms with van der Waals surface area (Å²) in [6.45, 7) is 14.0. The van der Waals surface area contributed by atoms with Crippen molar-refractivity contribution < 1.29 is 0 Å². The minimum atomic E-state index is -0.195. The highest BCUT2D eigenvalue weighted by molar-refractivity contribution is 6.24. The number of para-hydroxylation sites is 3. The summed E-state index contributed by atoms with van der Waals surface area (Å²) in [6, 6.07) is 158. The third-order valence-corrected chi connectivity index (χ3v) is 31.0. The van der Waals surface area contributed by atoms with Gasteiger partial charge in [0.15, 0.2) is 17.5 Å². The molecule has 6 aromatic heterocycles. The summed E-state index contributed by atoms with van der Waals surface area (Å²) in [6.07, 6.45) is 7.27. The van der Waals surface area contributed by atoms with Gasteiger partial charge in [0, 0.05) is 102 Å². The molecule has 0 atom stereocenters. The SMILES string of the molecule is CC1(C)c2ccccc2-c2nc3ccccc3c(-c3ccc(-c4c5ccccc5c(-c5nc(-c6ccccc6)cc(-c6ccccc6)n5)c5ccccc45)cc3)c21.CC1(C)c2ccccc2-c2nc3ccccc3c(-c3ccc(-c4c5ccccc5c(-c5ncccn5)c5ccccc45)cc3)c21.CC1(C)c2ccccc2-c2nc3ccccc3c(-c3ccc(-c4c5ccccc5c(-c5ncccn5)c5ccccc45)cc3)c21. The van der Waals surface area contributed by atoms with Gasteiger partial charge < -0.3 is 0 Å². The zero-order valence-corrected chi connectivity index (χ0v) is 82.0. The fourth-order valence-electron chi connectivity index (χ4n) is 24.4. The van der Waals surface area contributed by atoms with E-state index in [-0.39, 0.29) is 16.2 Å². The van der Waals surface area contributed by atoms with Crippen LogP contribution in [0.5, 0.6) is 0 Å². The third-order valence-electron chi connectivity index (χ3n) is 31.0. The van der Waals surface area contributed by atoms with Gasteiger partial charge in [0.2, 0.25) is 0 Å². The molecule has 0 saturated carbocycles. The Balaban J connectivity index is 0.000000110. The smallest absolute Gasteiger partial charge is 0.161 e. The number of aromatic nitrogens is 9. The van der Waals surface area contributed by atoms with Crippen molar-refractivity contribution in [3.63, 3.8) is 0 Å². The van der Waals surface area contributed by atoms with Crippen molar-refractivity contribution in [2.75, 3.05) is 0 Å². The van der Waals surface area contributed by atoms with Gasteiger partial charge in [-0.3, -0.25) is 0 Å². The second-order valence-corrected chi connectivity index (χ2v) is 40.3. The van der Waals surface area contributed by atoms with Crippen LogP contribution in [0.3, 0.4) is 0 Å². The Morgan fingerprint density at radius 2 is 0.361 bits per heavy atom. The average molecular weight is 1880 g/mol. The molecule has 0 N–H and O–H groups in total. The van der Waals surface area contributed by atoms with E-state index >= 15 is 0 Å². The van der Waals surface area contributed by atoms with E-state index < -0.39 is 0 Å². The Hall–Kier alpha value is -18.6. The summed E-state index contributed by atoms with van der Waals surface area (Å²) in [5.74, 6) is 2.20. The lowest BCUT2D eigenvalue weighted by Gasteiger charge is -2.25. The molecule has 147 heavy (non-hydrogen) atoms. The summed E-state index contributed by atoms with van der Waals surface area (Å²) in [5.41, 5.74) is 39.1. The Bertz CT molecular complexity index is 9280. The molecule has 0 fully saturated rings. The zero-order valence-electron chi connectivity index (χ0n) is 82.0. The van der Waals surface area contributed by atoms with Gasteiger partial charge in [0.25, 0.3) is 0 Å². The van der Waals surface area contributed by atoms with E-state index in [0.717, 1.165) is 117 Å². The fourth-order valence-corrected chi connectivity index (χ4v) is 24.4. The summed E-state index contributed by atoms with van der Waals surface area (Å²) < 4.78 is 0. The molecule has 0 bridgehead atoms. The molecule has 20 aromatic carbocycles. The highest BCUT2D eigenvalue weighted by atomic mass is 14.9. The van der Waals surface area contributed by atoms with Crippen molar-refractivity contribution in [2.24, 2.45) is 0 Å². The number of hydrogen-bond donors (Lipinski definition) is 0. The molecule has 0 unspecified atom stereocenters. The lowest BCUT2D eigenvalue weighted by molar-refractivity contribution is 0.661. The summed E-state index contributed by atoms with van der Waals surface area (Å²) >= 11 is 0. The molecule has 26 aromatic rings. The standard InChI is InChI=1S/C54H37N3.2C42H29N3/c1-54(2)44-27-15-13-25-42(44)52-51(54)49(43-26-14-16-28-45(43)55-52)37-31-29-36(30-32-37)48-38-21-9-11-23-40(38)50(41-24-12-10-22-39(41)48)53-56-46(34-17-5-3-6-18-34)33-47(57-53)35-19-7-4-8-20-35;2*1-42(2)34-18-9-7-16-32(34)40-39(42)37(33-17-8-10-19-35(33)45-40)27-22-20-26(21-23-27)36-28-12-3-5-14-30(28)38(41-43-24-11-25-44-41)31-15-6-4-13-29(31)36/h3-33H,1-2H3;2*3-25H,1-2H3. The van der Waals surface area contributed by atoms with Crippen LogP contribution in [-0.4, -0.2) is 44.9 Å². The molecule has 9 nitrogen and oxygen atoms in total. The number of nitrogens with zero attached hydrogens (tertiary/aromatic N) is 9. The van der Waals surface area contributed by atoms with Gasteiger partial charge in [-0.1, -0.05) is 448 Å². The zero-order chi connectivity index (χ0) is 98.3. The van der Waals surface area contributed by atoms with Gasteiger partial charge in [-0.15, -0.1) is 0 Å². The van der Waals surface area contributed by atoms with E-state index in [4.69, 9.17) is 24.9 Å². The Labute approximate surface area is 852 Å². The van der Waals surface area contributed by atoms with Gasteiger partial charge in [0.05, 0.1) is 45.0 Å². The topological polar surface area (TPSA) is 116 Å². The molecule has 6 heterocycles. The fraction of sp³-hybridized carbons (Fsp3) is 0.0652. The normalized spacial score (nSPS) is 13.1. The van der Waals surface area contributed by atoms with E-state index in [1.54, 1.807) is 0 Å². The van der Waals surface area contributed by atoms with Crippen LogP contribution < -0.4 is 0 Å². The second kappa shape index (κ2) is 34.9. The maximum absolute atomic E-state index is 5.31. The molecule has 0 saturated heterocycles. The van der Waals surface area contributed by atoms with E-state index in [9.17, 15) is 0 Å². The highest BCUT2D eigenvalue weighted by Crippen LogP contribution is 2.59. The van der Waals surface area contributed by atoms with Crippen molar-refractivity contribution >= 4 is 97.3 Å². The first kappa shape index (κ1) is 87.4. The van der Waals surface area contributed by atoms with Crippen LogP contribution in [0.25, 0.3) is 255 Å². The molecule has 29 rings (SSSR count). The second-order valence-electron chi connectivity index (χ2n) is 40.3. The number of fused-ring (bicyclic) bond motifs is 18. The van der Waals surface area contributed by atoms with Crippen LogP contribution in [-0.2, 0) is 16.2 Å². The number of pyridine rings is 3. The minimum Gasteiger partial charge on any atom is -0.247 e. The van der Waals surface area contributed by atoms with Crippen LogP contribution in [0.2, 0.25) is 0 Å². The molecule has 0 aliphatic heterocycles. The molecular formula is C138H95N9. The van der Waals surface area contributed by atoms with Crippen LogP contribution in [0.4, 0.5) is 0 Å². The predicted molar refractivity (Wildman–Crippen MR) is 610 cm³/mol. The predicted octanol–water partition coefficient (Wildman–Crippen LogP) is 35.2. The molecule has 692 valence electrons. The van der Waals surface area contributed by atoms with E-state index in [2.05, 4.69) is 480 Å². The van der Waals surface area contributed by atoms with Crippen LogP contribution in [0.1, 0.15) is 74.9 Å². The van der Waals surface area contributed by atoms with Gasteiger partial charge in [0.1, 0.15) is 0 Å². The molecule has 3 aliphatic carbocycles. The molecule has 0 amide bonds. The first-order valence-electron chi connectivity index (χ1n) is 50.5. The molecule has 0 spiro atoms. The maximum Gasteiger partial charge on any atom is 0.161 e. The van der Waals surface area contributed by atoms with Crippen molar-refractivity contribution in [2.45, 2.75) is 57.8 Å². The quantitative estimate of drug-likeness (QED) is 0.117. The Morgan fingerprint density at radius 3 is 0.619 bits per heavy atom. The van der Waals surface area contributed by atoms with Crippen LogP contribution in [0, 0.1) is 0 Å². The van der Waals surface area contributed by atoms with E-state index in [1.807, 2.05) is 49.1 Å². The van der Waals surface area contributed by atoms with Crippen LogP contribution >= 0.6 is 0 Å². The first-order chi connectivity index (χ1) is 72.3. The Kier molecular flexibility index (Phi) is 20.8. The van der Waals surface area contributed by atoms with Crippen molar-refractivity contribution in [1.82, 2.24) is 44.9 Å². The minimum absolute atomic E-state index is 0.168. The lowest BCUT2D eigenvalue weighted by Crippen LogP contribution is -2.16. The van der Waals surface area contributed by atoms with E-state index in [1.165, 1.54) is 165 Å². The molecule has 3 aliphatic rings. The van der Waals surface area contributed by atoms with Crippen molar-refractivity contribution in [1.29, 1.82) is 0 Å². The first-order valence-corrected chi connectivity index (χ1v) is 50.5. The van der Waals surface area contributed by atoms with Gasteiger partial charge in [-0.25, -0.2) is 44.9 Å². The lowest BCUT2D eigenvalue weighted by atomic mass is 9.78. The largest absolute Gasteiger partial charge is 0.247 e. The van der Waals surface area contributed by atoms with Crippen LogP contribution in [0.15, 0.2) is 468 Å². The summed E-state index contributed by atoms with van der Waals surface area (Å²) in [5, 5.41) is 17.5. The molecule has 0 radical (unpaired) electrons. The van der Waals surface area contributed by atoms with Gasteiger partial charge in [-0.2, -0.15) is 0 Å². The number of benzene rings is 20. The average Bonchev–Trinajstić information content (AvgIpc) is 1.55. The number of rotatable bonds is 11. The van der Waals surface area contributed by atoms with Gasteiger partial charge >= 0.3 is 0 Å². The summed E-state index contributed by atoms with van der Waals surface area (Å²) in [4.78, 5) is 45.0. The third kappa shape index (κ3) is 14.2. The van der Waals surface area contributed by atoms with Crippen molar-refractivity contribution in [3.05, 3.63) is 501 Å². The summed E-state index contributed by atoms with van der Waals surface area (Å²) in [7, 11) is 0. The Morgan fingerprint density at radius 1 is 0.156 bits per heavy atom. The highest BCUT2D eigenvalue weighted by Gasteiger charge is 2.43. The molecule has 9 heteroatoms.